The van der Waals surface area contributed by atoms with Gasteiger partial charge in [0.05, 0.1) is 5.92 Å². The van der Waals surface area contributed by atoms with Crippen molar-refractivity contribution in [1.82, 2.24) is 0 Å². The molecule has 3 aliphatic carbocycles. The van der Waals surface area contributed by atoms with Gasteiger partial charge in [-0.05, 0) is 25.2 Å². The molecular weight excluding hydrogens is 156 g/mol. The smallest absolute Gasteiger partial charge is 0.306 e. The molecule has 3 atom stereocenters. The van der Waals surface area contributed by atoms with Crippen molar-refractivity contribution in [3.8, 4) is 0 Å². The Morgan fingerprint density at radius 1 is 1.42 bits per heavy atom. The molecule has 3 aliphatic rings. The largest absolute Gasteiger partial charge is 0.481 e. The average molecular weight is 168 g/mol. The maximum absolute atomic E-state index is 11.2. The molecule has 0 aromatic rings. The van der Waals surface area contributed by atoms with E-state index in [9.17, 15) is 9.59 Å². The lowest BCUT2D eigenvalue weighted by molar-refractivity contribution is -0.150. The van der Waals surface area contributed by atoms with E-state index in [0.29, 0.717) is 18.6 Å². The summed E-state index contributed by atoms with van der Waals surface area (Å²) < 4.78 is 0. The Balaban J connectivity index is 2.15. The SMILES string of the molecule is O=C(O)C1C[C@H]2CC[C@@H]1CC2=O. The quantitative estimate of drug-likeness (QED) is 0.637. The third kappa shape index (κ3) is 1.04. The number of aliphatic carboxylic acids is 1. The van der Waals surface area contributed by atoms with Gasteiger partial charge in [-0.15, -0.1) is 0 Å². The first kappa shape index (κ1) is 7.77. The minimum absolute atomic E-state index is 0.0658. The highest BCUT2D eigenvalue weighted by Crippen LogP contribution is 2.42. The minimum atomic E-state index is -0.711. The number of hydrogen-bond donors (Lipinski definition) is 1. The molecule has 1 N–H and O–H groups in total. The zero-order valence-electron chi connectivity index (χ0n) is 6.82. The highest BCUT2D eigenvalue weighted by molar-refractivity contribution is 5.85. The summed E-state index contributed by atoms with van der Waals surface area (Å²) in [7, 11) is 0. The van der Waals surface area contributed by atoms with Crippen molar-refractivity contribution in [3.63, 3.8) is 0 Å². The minimum Gasteiger partial charge on any atom is -0.481 e. The lowest BCUT2D eigenvalue weighted by Crippen LogP contribution is -2.41. The summed E-state index contributed by atoms with van der Waals surface area (Å²) >= 11 is 0. The van der Waals surface area contributed by atoms with Gasteiger partial charge < -0.3 is 5.11 Å². The Hall–Kier alpha value is -0.860. The van der Waals surface area contributed by atoms with E-state index < -0.39 is 5.97 Å². The molecule has 3 fully saturated rings. The predicted molar refractivity (Wildman–Crippen MR) is 41.6 cm³/mol. The lowest BCUT2D eigenvalue weighted by atomic mass is 9.64. The van der Waals surface area contributed by atoms with Crippen LogP contribution in [0.15, 0.2) is 0 Å². The van der Waals surface area contributed by atoms with E-state index in [4.69, 9.17) is 5.11 Å². The summed E-state index contributed by atoms with van der Waals surface area (Å²) in [6, 6.07) is 0. The Kier molecular flexibility index (Phi) is 1.67. The van der Waals surface area contributed by atoms with Crippen LogP contribution in [0.5, 0.6) is 0 Å². The summed E-state index contributed by atoms with van der Waals surface area (Å²) in [5.74, 6) is -0.446. The van der Waals surface area contributed by atoms with Crippen LogP contribution in [-0.2, 0) is 9.59 Å². The van der Waals surface area contributed by atoms with Crippen LogP contribution in [0.3, 0.4) is 0 Å². The van der Waals surface area contributed by atoms with Crippen LogP contribution in [0.1, 0.15) is 25.7 Å². The van der Waals surface area contributed by atoms with Crippen LogP contribution in [0.4, 0.5) is 0 Å². The molecule has 0 heterocycles. The van der Waals surface area contributed by atoms with Gasteiger partial charge in [-0.25, -0.2) is 0 Å². The summed E-state index contributed by atoms with van der Waals surface area (Å²) in [4.78, 5) is 22.0. The molecule has 2 bridgehead atoms. The Bertz CT molecular complexity index is 234. The maximum Gasteiger partial charge on any atom is 0.306 e. The molecule has 66 valence electrons. The predicted octanol–water partition coefficient (Wildman–Crippen LogP) is 1.08. The molecule has 3 saturated carbocycles. The third-order valence-electron chi connectivity index (χ3n) is 3.23. The Morgan fingerprint density at radius 3 is 2.58 bits per heavy atom. The summed E-state index contributed by atoms with van der Waals surface area (Å²) in [6.45, 7) is 0. The molecule has 3 rings (SSSR count). The number of Topliss-reactive ketones (excluding diaryl/α,β-unsaturated/α-hetero) is 1. The van der Waals surface area contributed by atoms with Crippen molar-refractivity contribution in [2.45, 2.75) is 25.7 Å². The van der Waals surface area contributed by atoms with Crippen LogP contribution in [0.2, 0.25) is 0 Å². The standard InChI is InChI=1S/C9H12O3/c10-8-4-5-1-2-6(8)3-7(5)9(11)12/h5-7H,1-4H2,(H,11,12)/t5-,6-,7?/m1/s1. The first-order valence-corrected chi connectivity index (χ1v) is 4.44. The number of carbonyl (C=O) groups is 2. The maximum atomic E-state index is 11.2. The highest BCUT2D eigenvalue weighted by atomic mass is 16.4. The topological polar surface area (TPSA) is 54.4 Å². The molecule has 0 radical (unpaired) electrons. The van der Waals surface area contributed by atoms with E-state index in [-0.39, 0.29) is 17.8 Å². The molecule has 0 aliphatic heterocycles. The molecule has 0 spiro atoms. The van der Waals surface area contributed by atoms with Gasteiger partial charge in [-0.3, -0.25) is 9.59 Å². The number of carboxylic acid groups (broad SMARTS) is 1. The monoisotopic (exact) mass is 168 g/mol. The Morgan fingerprint density at radius 2 is 2.17 bits per heavy atom. The first-order chi connectivity index (χ1) is 5.68. The van der Waals surface area contributed by atoms with Gasteiger partial charge in [0.25, 0.3) is 0 Å². The fourth-order valence-electron chi connectivity index (χ4n) is 2.50. The number of carboxylic acids is 1. The fraction of sp³-hybridized carbons (Fsp3) is 0.778. The van der Waals surface area contributed by atoms with Gasteiger partial charge in [-0.1, -0.05) is 0 Å². The molecular formula is C9H12O3. The van der Waals surface area contributed by atoms with E-state index in [1.54, 1.807) is 0 Å². The van der Waals surface area contributed by atoms with Gasteiger partial charge in [0.1, 0.15) is 5.78 Å². The number of hydrogen-bond acceptors (Lipinski definition) is 2. The zero-order chi connectivity index (χ0) is 8.72. The van der Waals surface area contributed by atoms with Crippen molar-refractivity contribution >= 4 is 11.8 Å². The van der Waals surface area contributed by atoms with Crippen molar-refractivity contribution < 1.29 is 14.7 Å². The van der Waals surface area contributed by atoms with E-state index >= 15 is 0 Å². The molecule has 3 nitrogen and oxygen atoms in total. The highest BCUT2D eigenvalue weighted by Gasteiger charge is 2.43. The van der Waals surface area contributed by atoms with Crippen LogP contribution in [0, 0.1) is 17.8 Å². The molecule has 3 heteroatoms. The average Bonchev–Trinajstić information content (AvgIpc) is 2.04. The second-order valence-electron chi connectivity index (χ2n) is 3.89. The second-order valence-corrected chi connectivity index (χ2v) is 3.89. The van der Waals surface area contributed by atoms with Gasteiger partial charge >= 0.3 is 5.97 Å². The lowest BCUT2D eigenvalue weighted by Gasteiger charge is -2.38. The van der Waals surface area contributed by atoms with E-state index in [1.165, 1.54) is 0 Å². The van der Waals surface area contributed by atoms with Crippen LogP contribution in [-0.4, -0.2) is 16.9 Å². The number of rotatable bonds is 1. The molecule has 0 aromatic carbocycles. The molecule has 0 saturated heterocycles. The second kappa shape index (κ2) is 2.57. The van der Waals surface area contributed by atoms with Crippen molar-refractivity contribution in [3.05, 3.63) is 0 Å². The Labute approximate surface area is 70.8 Å². The normalized spacial score (nSPS) is 40.0. The van der Waals surface area contributed by atoms with E-state index in [2.05, 4.69) is 0 Å². The van der Waals surface area contributed by atoms with Crippen LogP contribution >= 0.6 is 0 Å². The number of carbonyl (C=O) groups excluding carboxylic acids is 1. The van der Waals surface area contributed by atoms with Gasteiger partial charge in [0.15, 0.2) is 0 Å². The van der Waals surface area contributed by atoms with Crippen LogP contribution in [0.25, 0.3) is 0 Å². The molecule has 1 unspecified atom stereocenters. The number of ketones is 1. The van der Waals surface area contributed by atoms with Crippen LogP contribution < -0.4 is 0 Å². The van der Waals surface area contributed by atoms with Crippen molar-refractivity contribution in [2.75, 3.05) is 0 Å². The zero-order valence-corrected chi connectivity index (χ0v) is 6.82. The molecule has 0 aromatic heterocycles. The first-order valence-electron chi connectivity index (χ1n) is 4.44. The summed E-state index contributed by atoms with van der Waals surface area (Å²) in [5.41, 5.74) is 0. The van der Waals surface area contributed by atoms with E-state index in [0.717, 1.165) is 12.8 Å². The number of fused-ring (bicyclic) bond motifs is 3. The van der Waals surface area contributed by atoms with Crippen molar-refractivity contribution in [2.24, 2.45) is 17.8 Å². The molecule has 12 heavy (non-hydrogen) atoms. The summed E-state index contributed by atoms with van der Waals surface area (Å²) in [5, 5.41) is 8.84. The van der Waals surface area contributed by atoms with Gasteiger partial charge in [-0.2, -0.15) is 0 Å². The van der Waals surface area contributed by atoms with Crippen molar-refractivity contribution in [1.29, 1.82) is 0 Å². The van der Waals surface area contributed by atoms with Gasteiger partial charge in [0.2, 0.25) is 0 Å². The third-order valence-corrected chi connectivity index (χ3v) is 3.23. The summed E-state index contributed by atoms with van der Waals surface area (Å²) in [6.07, 6.45) is 2.97. The fourth-order valence-corrected chi connectivity index (χ4v) is 2.50. The molecule has 0 amide bonds. The van der Waals surface area contributed by atoms with Gasteiger partial charge in [0, 0.05) is 12.3 Å². The van der Waals surface area contributed by atoms with E-state index in [1.807, 2.05) is 0 Å².